The Morgan fingerprint density at radius 3 is 2.10 bits per heavy atom. The summed E-state index contributed by atoms with van der Waals surface area (Å²) in [6.07, 6.45) is -0.931. The van der Waals surface area contributed by atoms with E-state index in [1.54, 1.807) is 0 Å². The van der Waals surface area contributed by atoms with E-state index in [0.717, 1.165) is 16.7 Å². The number of carbonyl (C=O) groups excluding carboxylic acids is 2. The average Bonchev–Trinajstić information content (AvgIpc) is 2.92. The predicted octanol–water partition coefficient (Wildman–Crippen LogP) is 4.08. The number of ether oxygens (including phenoxy) is 1. The lowest BCUT2D eigenvalue weighted by atomic mass is 10.0. The van der Waals surface area contributed by atoms with Crippen LogP contribution in [0.25, 0.3) is 0 Å². The predicted molar refractivity (Wildman–Crippen MR) is 164 cm³/mol. The Kier molecular flexibility index (Phi) is 11.7. The van der Waals surface area contributed by atoms with Crippen LogP contribution in [0.3, 0.4) is 0 Å². The van der Waals surface area contributed by atoms with Gasteiger partial charge in [-0.25, -0.2) is 8.42 Å². The van der Waals surface area contributed by atoms with Gasteiger partial charge in [-0.15, -0.1) is 0 Å². The molecule has 3 aromatic rings. The van der Waals surface area contributed by atoms with Gasteiger partial charge in [0.2, 0.25) is 15.9 Å². The highest BCUT2D eigenvalue weighted by atomic mass is 32.2. The molecule has 0 radical (unpaired) electrons. The van der Waals surface area contributed by atoms with Gasteiger partial charge >= 0.3 is 0 Å². The minimum Gasteiger partial charge on any atom is -0.483 e. The maximum atomic E-state index is 13.7. The van der Waals surface area contributed by atoms with Crippen LogP contribution in [0.4, 0.5) is 5.69 Å². The van der Waals surface area contributed by atoms with Crippen LogP contribution >= 0.6 is 0 Å². The first kappa shape index (κ1) is 32.8. The minimum atomic E-state index is -4.00. The number of benzene rings is 3. The third-order valence-electron chi connectivity index (χ3n) is 6.64. The van der Waals surface area contributed by atoms with E-state index >= 15 is 0 Å². The van der Waals surface area contributed by atoms with Gasteiger partial charge in [-0.3, -0.25) is 9.59 Å². The number of nitrogens with zero attached hydrogens (tertiary/aromatic N) is 1. The van der Waals surface area contributed by atoms with E-state index in [4.69, 9.17) is 4.74 Å². The van der Waals surface area contributed by atoms with Crippen LogP contribution in [-0.4, -0.2) is 61.5 Å². The Hall–Kier alpha value is -3.73. The van der Waals surface area contributed by atoms with Crippen molar-refractivity contribution in [2.75, 3.05) is 25.0 Å². The molecule has 0 aliphatic heterocycles. The van der Waals surface area contributed by atoms with Crippen molar-refractivity contribution in [3.63, 3.8) is 0 Å². The molecular formula is C32H41N3O6S. The molecule has 0 saturated carbocycles. The van der Waals surface area contributed by atoms with Crippen molar-refractivity contribution < 1.29 is 27.9 Å². The Morgan fingerprint density at radius 2 is 1.52 bits per heavy atom. The Bertz CT molecular complexity index is 1420. The fourth-order valence-corrected chi connectivity index (χ4v) is 6.26. The molecule has 0 bridgehead atoms. The van der Waals surface area contributed by atoms with Crippen LogP contribution in [0.1, 0.15) is 37.5 Å². The monoisotopic (exact) mass is 595 g/mol. The summed E-state index contributed by atoms with van der Waals surface area (Å²) in [6, 6.07) is 20.2. The highest BCUT2D eigenvalue weighted by Gasteiger charge is 2.31. The van der Waals surface area contributed by atoms with Crippen molar-refractivity contribution in [2.45, 2.75) is 58.1 Å². The van der Waals surface area contributed by atoms with Gasteiger partial charge in [-0.1, -0.05) is 62.4 Å². The second-order valence-electron chi connectivity index (χ2n) is 10.9. The number of carbonyl (C=O) groups is 2. The SMILES string of the molecule is CC(=O)Nc1ccc(S(=O)(=O)N(CC(C)C)C[C@H](O)[C@H](Cc2ccccc2)NC(=O)COc2c(C)cccc2C)cc1. The minimum absolute atomic E-state index is 0.0291. The molecule has 2 atom stereocenters. The number of para-hydroxylation sites is 1. The zero-order valence-electron chi connectivity index (χ0n) is 24.8. The van der Waals surface area contributed by atoms with Crippen molar-refractivity contribution in [3.8, 4) is 5.75 Å². The molecule has 2 amide bonds. The molecule has 3 rings (SSSR count). The summed E-state index contributed by atoms with van der Waals surface area (Å²) in [5.74, 6) is -0.0874. The number of aliphatic hydroxyl groups is 1. The van der Waals surface area contributed by atoms with Crippen LogP contribution in [-0.2, 0) is 26.0 Å². The van der Waals surface area contributed by atoms with Crippen LogP contribution in [0.15, 0.2) is 77.7 Å². The second kappa shape index (κ2) is 14.9. The molecule has 0 heterocycles. The number of hydrogen-bond acceptors (Lipinski definition) is 6. The zero-order valence-corrected chi connectivity index (χ0v) is 25.6. The largest absolute Gasteiger partial charge is 0.483 e. The quantitative estimate of drug-likeness (QED) is 0.258. The van der Waals surface area contributed by atoms with Crippen molar-refractivity contribution >= 4 is 27.5 Å². The molecule has 0 fully saturated rings. The molecule has 42 heavy (non-hydrogen) atoms. The van der Waals surface area contributed by atoms with Gasteiger partial charge in [0.15, 0.2) is 6.61 Å². The van der Waals surface area contributed by atoms with E-state index in [1.807, 2.05) is 76.2 Å². The fourth-order valence-electron chi connectivity index (χ4n) is 4.64. The van der Waals surface area contributed by atoms with Crippen LogP contribution in [0, 0.1) is 19.8 Å². The third-order valence-corrected chi connectivity index (χ3v) is 8.48. The number of aryl methyl sites for hydroxylation is 2. The normalized spacial score (nSPS) is 13.0. The van der Waals surface area contributed by atoms with Gasteiger partial charge in [-0.05, 0) is 67.1 Å². The van der Waals surface area contributed by atoms with Crippen molar-refractivity contribution in [3.05, 3.63) is 89.5 Å². The molecule has 0 saturated heterocycles. The highest BCUT2D eigenvalue weighted by Crippen LogP contribution is 2.23. The molecule has 0 aliphatic carbocycles. The smallest absolute Gasteiger partial charge is 0.258 e. The number of sulfonamides is 1. The molecule has 3 N–H and O–H groups in total. The summed E-state index contributed by atoms with van der Waals surface area (Å²) >= 11 is 0. The molecule has 10 heteroatoms. The summed E-state index contributed by atoms with van der Waals surface area (Å²) in [4.78, 5) is 24.4. The summed E-state index contributed by atoms with van der Waals surface area (Å²) in [5.41, 5.74) is 3.17. The Labute approximate surface area is 249 Å². The molecule has 0 unspecified atom stereocenters. The van der Waals surface area contributed by atoms with Gasteiger partial charge in [0, 0.05) is 25.7 Å². The summed E-state index contributed by atoms with van der Waals surface area (Å²) in [7, 11) is -4.00. The lowest BCUT2D eigenvalue weighted by Gasteiger charge is -2.31. The Morgan fingerprint density at radius 1 is 0.905 bits per heavy atom. The average molecular weight is 596 g/mol. The van der Waals surface area contributed by atoms with E-state index in [1.165, 1.54) is 35.5 Å². The lowest BCUT2D eigenvalue weighted by molar-refractivity contribution is -0.124. The first-order valence-corrected chi connectivity index (χ1v) is 15.4. The van der Waals surface area contributed by atoms with Crippen LogP contribution < -0.4 is 15.4 Å². The van der Waals surface area contributed by atoms with Crippen molar-refractivity contribution in [2.24, 2.45) is 5.92 Å². The number of rotatable bonds is 14. The van der Waals surface area contributed by atoms with Gasteiger partial charge in [0.25, 0.3) is 5.91 Å². The standard InChI is InChI=1S/C32H41N3O6S/c1-22(2)19-35(42(39,40)28-16-14-27(15-17-28)33-25(5)36)20-30(37)29(18-26-12-7-6-8-13-26)34-31(38)21-41-32-23(3)10-9-11-24(32)4/h6-17,22,29-30,37H,18-21H2,1-5H3,(H,33,36)(H,34,38)/t29-,30-/m0/s1. The number of nitrogens with one attached hydrogen (secondary N) is 2. The van der Waals surface area contributed by atoms with Crippen molar-refractivity contribution in [1.29, 1.82) is 0 Å². The van der Waals surface area contributed by atoms with Gasteiger partial charge in [-0.2, -0.15) is 4.31 Å². The van der Waals surface area contributed by atoms with Gasteiger partial charge in [0.1, 0.15) is 5.75 Å². The van der Waals surface area contributed by atoms with Crippen LogP contribution in [0.5, 0.6) is 5.75 Å². The maximum absolute atomic E-state index is 13.7. The molecular weight excluding hydrogens is 554 g/mol. The number of anilines is 1. The summed E-state index contributed by atoms with van der Waals surface area (Å²) in [6.45, 7) is 8.64. The molecule has 0 spiro atoms. The number of aliphatic hydroxyl groups excluding tert-OH is 1. The summed E-state index contributed by atoms with van der Waals surface area (Å²) < 4.78 is 34.4. The highest BCUT2D eigenvalue weighted by molar-refractivity contribution is 7.89. The van der Waals surface area contributed by atoms with Gasteiger partial charge < -0.3 is 20.5 Å². The molecule has 9 nitrogen and oxygen atoms in total. The third kappa shape index (κ3) is 9.40. The van der Waals surface area contributed by atoms with Gasteiger partial charge in [0.05, 0.1) is 17.0 Å². The number of amides is 2. The second-order valence-corrected chi connectivity index (χ2v) is 12.8. The zero-order chi connectivity index (χ0) is 30.9. The van der Waals surface area contributed by atoms with E-state index in [2.05, 4.69) is 10.6 Å². The molecule has 3 aromatic carbocycles. The van der Waals surface area contributed by atoms with E-state index in [0.29, 0.717) is 11.4 Å². The lowest BCUT2D eigenvalue weighted by Crippen LogP contribution is -2.52. The van der Waals surface area contributed by atoms with Crippen molar-refractivity contribution in [1.82, 2.24) is 9.62 Å². The molecule has 0 aliphatic rings. The van der Waals surface area contributed by atoms with E-state index in [-0.39, 0.29) is 42.8 Å². The first-order valence-electron chi connectivity index (χ1n) is 13.9. The van der Waals surface area contributed by atoms with Crippen LogP contribution in [0.2, 0.25) is 0 Å². The fraction of sp³-hybridized carbons (Fsp3) is 0.375. The number of hydrogen-bond donors (Lipinski definition) is 3. The van der Waals surface area contributed by atoms with E-state index < -0.39 is 28.1 Å². The van der Waals surface area contributed by atoms with E-state index in [9.17, 15) is 23.1 Å². The summed E-state index contributed by atoms with van der Waals surface area (Å²) in [5, 5.41) is 16.9. The Balaban J connectivity index is 1.81. The maximum Gasteiger partial charge on any atom is 0.258 e. The first-order chi connectivity index (χ1) is 19.9. The topological polar surface area (TPSA) is 125 Å². The molecule has 0 aromatic heterocycles. The molecule has 226 valence electrons.